The Morgan fingerprint density at radius 2 is 1.97 bits per heavy atom. The number of likely N-dealkylation sites (tertiary alicyclic amines) is 1. The fourth-order valence-electron chi connectivity index (χ4n) is 3.51. The van der Waals surface area contributed by atoms with Crippen LogP contribution in [0.1, 0.15) is 36.4 Å². The number of halogens is 2. The number of carboxylic acids is 1. The Hall–Kier alpha value is -2.62. The van der Waals surface area contributed by atoms with Crippen LogP contribution in [0.25, 0.3) is 0 Å². The van der Waals surface area contributed by atoms with E-state index >= 15 is 0 Å². The minimum atomic E-state index is -1.01. The lowest BCUT2D eigenvalue weighted by atomic mass is 10.0. The molecule has 0 radical (unpaired) electrons. The average Bonchev–Trinajstić information content (AvgIpc) is 3.11. The van der Waals surface area contributed by atoms with Crippen molar-refractivity contribution in [3.8, 4) is 5.75 Å². The van der Waals surface area contributed by atoms with Gasteiger partial charge in [-0.3, -0.25) is 19.3 Å². The molecule has 176 valence electrons. The number of hydrogen-bond acceptors (Lipinski definition) is 6. The number of methoxy groups -OCH3 is 1. The van der Waals surface area contributed by atoms with Gasteiger partial charge in [0, 0.05) is 42.6 Å². The van der Waals surface area contributed by atoms with E-state index in [2.05, 4.69) is 5.32 Å². The lowest BCUT2D eigenvalue weighted by molar-refractivity contribution is -0.139. The Morgan fingerprint density at radius 1 is 1.24 bits per heavy atom. The maximum absolute atomic E-state index is 13.9. The van der Waals surface area contributed by atoms with Crippen molar-refractivity contribution in [1.29, 1.82) is 0 Å². The maximum Gasteiger partial charge on any atom is 0.305 e. The molecule has 1 unspecified atom stereocenters. The number of benzene rings is 2. The lowest BCUT2D eigenvalue weighted by Gasteiger charge is -2.19. The first-order chi connectivity index (χ1) is 15.8. The minimum Gasteiger partial charge on any atom is -0.496 e. The summed E-state index contributed by atoms with van der Waals surface area (Å²) in [5.74, 6) is -0.704. The second-order valence-electron chi connectivity index (χ2n) is 7.48. The van der Waals surface area contributed by atoms with Crippen molar-refractivity contribution >= 4 is 41.1 Å². The topological polar surface area (TPSA) is 95.9 Å². The number of ether oxygens (including phenoxy) is 1. The van der Waals surface area contributed by atoms with E-state index in [0.29, 0.717) is 30.2 Å². The number of imide groups is 1. The first-order valence-corrected chi connectivity index (χ1v) is 11.7. The number of nitrogens with zero attached hydrogens (tertiary/aromatic N) is 1. The van der Waals surface area contributed by atoms with Crippen molar-refractivity contribution < 1.29 is 28.6 Å². The molecule has 7 nitrogen and oxygen atoms in total. The predicted octanol–water partition coefficient (Wildman–Crippen LogP) is 4.03. The van der Waals surface area contributed by atoms with Gasteiger partial charge in [0.2, 0.25) is 11.8 Å². The highest BCUT2D eigenvalue weighted by atomic mass is 35.5. The largest absolute Gasteiger partial charge is 0.496 e. The standard InChI is InChI=1S/C23H24ClFN2O5S/c1-32-19-10-14(2-5-20(19)33-9-8-27-21(28)6-7-22(27)29)13-26-18(12-23(30)31)15-3-4-16(24)17(25)11-15/h2-5,10-11,18,26H,6-9,12-13H2,1H3,(H,30,31). The summed E-state index contributed by atoms with van der Waals surface area (Å²) in [5.41, 5.74) is 1.34. The Kier molecular flexibility index (Phi) is 8.71. The molecule has 33 heavy (non-hydrogen) atoms. The van der Waals surface area contributed by atoms with Gasteiger partial charge < -0.3 is 15.2 Å². The van der Waals surface area contributed by atoms with E-state index in [4.69, 9.17) is 16.3 Å². The quantitative estimate of drug-likeness (QED) is 0.359. The summed E-state index contributed by atoms with van der Waals surface area (Å²) in [5, 5.41) is 12.4. The molecule has 2 aromatic carbocycles. The van der Waals surface area contributed by atoms with Crippen LogP contribution in [-0.4, -0.2) is 47.2 Å². The Balaban J connectivity index is 1.63. The SMILES string of the molecule is COc1cc(CNC(CC(=O)O)c2ccc(Cl)c(F)c2)ccc1SCCN1C(=O)CCC1=O. The first-order valence-electron chi connectivity index (χ1n) is 10.3. The first kappa shape index (κ1) is 25.0. The summed E-state index contributed by atoms with van der Waals surface area (Å²) in [6.45, 7) is 0.684. The summed E-state index contributed by atoms with van der Waals surface area (Å²) in [7, 11) is 1.55. The van der Waals surface area contributed by atoms with E-state index in [0.717, 1.165) is 10.5 Å². The summed E-state index contributed by atoms with van der Waals surface area (Å²) in [6.07, 6.45) is 0.334. The van der Waals surface area contributed by atoms with E-state index in [9.17, 15) is 23.9 Å². The Labute approximate surface area is 200 Å². The summed E-state index contributed by atoms with van der Waals surface area (Å²) in [4.78, 5) is 36.9. The molecule has 0 saturated carbocycles. The molecule has 0 bridgehead atoms. The predicted molar refractivity (Wildman–Crippen MR) is 123 cm³/mol. The van der Waals surface area contributed by atoms with E-state index in [1.165, 1.54) is 28.8 Å². The zero-order chi connectivity index (χ0) is 24.0. The molecule has 0 aromatic heterocycles. The summed E-state index contributed by atoms with van der Waals surface area (Å²) < 4.78 is 19.3. The van der Waals surface area contributed by atoms with Crippen molar-refractivity contribution in [2.45, 2.75) is 36.7 Å². The van der Waals surface area contributed by atoms with Crippen molar-refractivity contribution in [3.63, 3.8) is 0 Å². The monoisotopic (exact) mass is 494 g/mol. The third-order valence-electron chi connectivity index (χ3n) is 5.23. The van der Waals surface area contributed by atoms with Gasteiger partial charge in [-0.25, -0.2) is 4.39 Å². The molecule has 0 aliphatic carbocycles. The van der Waals surface area contributed by atoms with Gasteiger partial charge in [-0.05, 0) is 35.4 Å². The van der Waals surface area contributed by atoms with Crippen LogP contribution >= 0.6 is 23.4 Å². The van der Waals surface area contributed by atoms with Crippen LogP contribution in [-0.2, 0) is 20.9 Å². The molecule has 2 N–H and O–H groups in total. The van der Waals surface area contributed by atoms with Crippen LogP contribution in [0.5, 0.6) is 5.75 Å². The normalized spacial score (nSPS) is 14.6. The molecular formula is C23H24ClFN2O5S. The highest BCUT2D eigenvalue weighted by Crippen LogP contribution is 2.31. The fraction of sp³-hybridized carbons (Fsp3) is 0.348. The molecule has 2 amide bonds. The molecule has 1 aliphatic heterocycles. The van der Waals surface area contributed by atoms with Crippen molar-refractivity contribution in [2.75, 3.05) is 19.4 Å². The number of aliphatic carboxylic acids is 1. The van der Waals surface area contributed by atoms with Gasteiger partial charge >= 0.3 is 5.97 Å². The zero-order valence-corrected chi connectivity index (χ0v) is 19.5. The Morgan fingerprint density at radius 3 is 2.61 bits per heavy atom. The summed E-state index contributed by atoms with van der Waals surface area (Å²) in [6, 6.07) is 9.22. The van der Waals surface area contributed by atoms with Crippen molar-refractivity contribution in [2.24, 2.45) is 0 Å². The minimum absolute atomic E-state index is 0.0240. The molecule has 0 spiro atoms. The number of carbonyl (C=O) groups is 3. The van der Waals surface area contributed by atoms with Gasteiger partial charge in [0.05, 0.1) is 18.6 Å². The van der Waals surface area contributed by atoms with Crippen LogP contribution < -0.4 is 10.1 Å². The van der Waals surface area contributed by atoms with E-state index in [1.807, 2.05) is 18.2 Å². The maximum atomic E-state index is 13.9. The van der Waals surface area contributed by atoms with Crippen molar-refractivity contribution in [1.82, 2.24) is 10.2 Å². The third-order valence-corrected chi connectivity index (χ3v) is 6.57. The number of hydrogen-bond donors (Lipinski definition) is 2. The molecule has 1 fully saturated rings. The van der Waals surface area contributed by atoms with Crippen LogP contribution in [0.4, 0.5) is 4.39 Å². The second-order valence-corrected chi connectivity index (χ2v) is 9.02. The average molecular weight is 495 g/mol. The van der Waals surface area contributed by atoms with E-state index < -0.39 is 17.8 Å². The molecule has 1 atom stereocenters. The highest BCUT2D eigenvalue weighted by molar-refractivity contribution is 7.99. The van der Waals surface area contributed by atoms with Gasteiger partial charge in [0.15, 0.2) is 0 Å². The third kappa shape index (κ3) is 6.69. The van der Waals surface area contributed by atoms with Gasteiger partial charge in [0.25, 0.3) is 0 Å². The number of carbonyl (C=O) groups excluding carboxylic acids is 2. The van der Waals surface area contributed by atoms with Crippen LogP contribution in [0.15, 0.2) is 41.3 Å². The van der Waals surface area contributed by atoms with Gasteiger partial charge in [-0.15, -0.1) is 11.8 Å². The number of nitrogens with one attached hydrogen (secondary N) is 1. The number of amides is 2. The fourth-order valence-corrected chi connectivity index (χ4v) is 4.57. The van der Waals surface area contributed by atoms with Gasteiger partial charge in [-0.2, -0.15) is 0 Å². The van der Waals surface area contributed by atoms with Crippen molar-refractivity contribution in [3.05, 3.63) is 58.4 Å². The van der Waals surface area contributed by atoms with Gasteiger partial charge in [-0.1, -0.05) is 23.7 Å². The second kappa shape index (κ2) is 11.5. The molecular weight excluding hydrogens is 471 g/mol. The molecule has 1 heterocycles. The van der Waals surface area contributed by atoms with E-state index in [-0.39, 0.29) is 36.1 Å². The molecule has 2 aromatic rings. The van der Waals surface area contributed by atoms with Gasteiger partial charge in [0.1, 0.15) is 11.6 Å². The smallest absolute Gasteiger partial charge is 0.305 e. The Bertz CT molecular complexity index is 1040. The molecule has 3 rings (SSSR count). The zero-order valence-electron chi connectivity index (χ0n) is 18.0. The number of carboxylic acid groups (broad SMARTS) is 1. The molecule has 1 saturated heterocycles. The van der Waals surface area contributed by atoms with Crippen LogP contribution in [0.2, 0.25) is 5.02 Å². The lowest BCUT2D eigenvalue weighted by Crippen LogP contribution is -2.31. The van der Waals surface area contributed by atoms with E-state index in [1.54, 1.807) is 13.2 Å². The molecule has 1 aliphatic rings. The number of thioether (sulfide) groups is 1. The van der Waals surface area contributed by atoms with Crippen LogP contribution in [0, 0.1) is 5.82 Å². The molecule has 10 heteroatoms. The number of rotatable bonds is 11. The van der Waals surface area contributed by atoms with Crippen LogP contribution in [0.3, 0.4) is 0 Å². The highest BCUT2D eigenvalue weighted by Gasteiger charge is 2.28. The summed E-state index contributed by atoms with van der Waals surface area (Å²) >= 11 is 7.22.